The topological polar surface area (TPSA) is 20.2 Å². The molecule has 5 atom stereocenters. The second kappa shape index (κ2) is 4.34. The average molecular weight is 270 g/mol. The van der Waals surface area contributed by atoms with Crippen molar-refractivity contribution in [2.45, 2.75) is 64.4 Å². The summed E-state index contributed by atoms with van der Waals surface area (Å²) in [5.41, 5.74) is 4.85. The molecule has 3 aliphatic rings. The third-order valence-electron chi connectivity index (χ3n) is 6.83. The summed E-state index contributed by atoms with van der Waals surface area (Å²) in [6.45, 7) is 4.56. The maximum atomic E-state index is 10.4. The molecule has 1 nitrogen and oxygen atoms in total. The molecule has 3 aliphatic carbocycles. The molecule has 0 bridgehead atoms. The lowest BCUT2D eigenvalue weighted by atomic mass is 9.55. The van der Waals surface area contributed by atoms with Crippen molar-refractivity contribution >= 4 is 0 Å². The molecule has 2 saturated carbocycles. The maximum absolute atomic E-state index is 10.4. The fraction of sp³-hybridized carbons (Fsp3) is 0.684. The van der Waals surface area contributed by atoms with Gasteiger partial charge in [0.05, 0.1) is 6.10 Å². The molecule has 0 spiro atoms. The number of hydrogen-bond acceptors (Lipinski definition) is 1. The Kier molecular flexibility index (Phi) is 2.79. The molecule has 1 aromatic carbocycles. The molecular weight excluding hydrogens is 244 g/mol. The summed E-state index contributed by atoms with van der Waals surface area (Å²) in [5, 5.41) is 10.4. The molecule has 1 aromatic rings. The molecule has 0 amide bonds. The lowest BCUT2D eigenvalue weighted by Crippen LogP contribution is -2.43. The standard InChI is InChI=1S/C19H26O/c1-12-3-5-14-13(11-12)4-6-16-15(14)9-10-19(2)17(16)7-8-18(19)20/h3,5,11,15-18,20H,4,6-10H2,1-2H3/t15?,16?,17?,18?,19-/m0/s1. The minimum absolute atomic E-state index is 0.0483. The minimum Gasteiger partial charge on any atom is -0.393 e. The second-order valence-electron chi connectivity index (χ2n) is 7.76. The summed E-state index contributed by atoms with van der Waals surface area (Å²) in [4.78, 5) is 0. The average Bonchev–Trinajstić information content (AvgIpc) is 2.74. The summed E-state index contributed by atoms with van der Waals surface area (Å²) in [6.07, 6.45) is 7.32. The third kappa shape index (κ3) is 1.65. The molecule has 20 heavy (non-hydrogen) atoms. The Morgan fingerprint density at radius 1 is 1.15 bits per heavy atom. The normalized spacial score (nSPS) is 42.8. The zero-order chi connectivity index (χ0) is 13.9. The Bertz CT molecular complexity index is 535. The molecule has 0 heterocycles. The van der Waals surface area contributed by atoms with Crippen LogP contribution >= 0.6 is 0 Å². The summed E-state index contributed by atoms with van der Waals surface area (Å²) in [6, 6.07) is 7.09. The number of rotatable bonds is 0. The number of fused-ring (bicyclic) bond motifs is 5. The molecule has 0 saturated heterocycles. The van der Waals surface area contributed by atoms with Gasteiger partial charge in [-0.3, -0.25) is 0 Å². The molecule has 108 valence electrons. The Morgan fingerprint density at radius 3 is 2.85 bits per heavy atom. The van der Waals surface area contributed by atoms with Gasteiger partial charge >= 0.3 is 0 Å². The van der Waals surface area contributed by atoms with Crippen LogP contribution in [0, 0.1) is 24.2 Å². The lowest BCUT2D eigenvalue weighted by molar-refractivity contribution is -0.0226. The van der Waals surface area contributed by atoms with Gasteiger partial charge in [0.25, 0.3) is 0 Å². The van der Waals surface area contributed by atoms with Gasteiger partial charge in [-0.25, -0.2) is 0 Å². The van der Waals surface area contributed by atoms with Gasteiger partial charge in [0.2, 0.25) is 0 Å². The minimum atomic E-state index is -0.0483. The van der Waals surface area contributed by atoms with Crippen molar-refractivity contribution in [3.8, 4) is 0 Å². The third-order valence-corrected chi connectivity index (χ3v) is 6.83. The highest BCUT2D eigenvalue weighted by Crippen LogP contribution is 2.60. The molecule has 2 fully saturated rings. The van der Waals surface area contributed by atoms with Crippen molar-refractivity contribution in [1.82, 2.24) is 0 Å². The first-order valence-electron chi connectivity index (χ1n) is 8.37. The van der Waals surface area contributed by atoms with Crippen LogP contribution in [0.1, 0.15) is 61.6 Å². The van der Waals surface area contributed by atoms with Gasteiger partial charge in [0.1, 0.15) is 0 Å². The van der Waals surface area contributed by atoms with Gasteiger partial charge in [-0.05, 0) is 79.7 Å². The van der Waals surface area contributed by atoms with Crippen molar-refractivity contribution in [3.63, 3.8) is 0 Å². The molecule has 0 aliphatic heterocycles. The van der Waals surface area contributed by atoms with E-state index in [-0.39, 0.29) is 11.5 Å². The van der Waals surface area contributed by atoms with E-state index in [0.29, 0.717) is 0 Å². The van der Waals surface area contributed by atoms with Crippen LogP contribution in [0.25, 0.3) is 0 Å². The highest BCUT2D eigenvalue weighted by Gasteiger charge is 2.54. The van der Waals surface area contributed by atoms with Crippen LogP contribution < -0.4 is 0 Å². The summed E-state index contributed by atoms with van der Waals surface area (Å²) < 4.78 is 0. The van der Waals surface area contributed by atoms with Crippen molar-refractivity contribution < 1.29 is 5.11 Å². The van der Waals surface area contributed by atoms with E-state index >= 15 is 0 Å². The van der Waals surface area contributed by atoms with Crippen LogP contribution in [0.5, 0.6) is 0 Å². The monoisotopic (exact) mass is 270 g/mol. The number of aliphatic hydroxyl groups is 1. The quantitative estimate of drug-likeness (QED) is 0.748. The van der Waals surface area contributed by atoms with Crippen LogP contribution in [0.15, 0.2) is 18.2 Å². The molecule has 1 heteroatoms. The molecule has 4 unspecified atom stereocenters. The number of aliphatic hydroxyl groups excluding tert-OH is 1. The smallest absolute Gasteiger partial charge is 0.0596 e. The van der Waals surface area contributed by atoms with E-state index in [1.165, 1.54) is 37.7 Å². The van der Waals surface area contributed by atoms with Crippen LogP contribution in [0.2, 0.25) is 0 Å². The van der Waals surface area contributed by atoms with Crippen molar-refractivity contribution in [2.24, 2.45) is 17.3 Å². The van der Waals surface area contributed by atoms with Gasteiger partial charge in [-0.15, -0.1) is 0 Å². The van der Waals surface area contributed by atoms with E-state index in [0.717, 1.165) is 24.2 Å². The molecule has 4 rings (SSSR count). The lowest BCUT2D eigenvalue weighted by Gasteiger charge is -2.50. The maximum Gasteiger partial charge on any atom is 0.0596 e. The predicted octanol–water partition coefficient (Wildman–Crippen LogP) is 4.21. The molecular formula is C19H26O. The Morgan fingerprint density at radius 2 is 2.00 bits per heavy atom. The second-order valence-corrected chi connectivity index (χ2v) is 7.76. The Labute approximate surface area is 122 Å². The van der Waals surface area contributed by atoms with Crippen molar-refractivity contribution in [2.75, 3.05) is 0 Å². The van der Waals surface area contributed by atoms with Gasteiger partial charge < -0.3 is 5.11 Å². The fourth-order valence-electron chi connectivity index (χ4n) is 5.68. The van der Waals surface area contributed by atoms with E-state index in [9.17, 15) is 5.11 Å². The van der Waals surface area contributed by atoms with Crippen molar-refractivity contribution in [1.29, 1.82) is 0 Å². The van der Waals surface area contributed by atoms with E-state index in [1.807, 2.05) is 0 Å². The summed E-state index contributed by atoms with van der Waals surface area (Å²) in [7, 11) is 0. The first-order valence-corrected chi connectivity index (χ1v) is 8.37. The Balaban J connectivity index is 1.71. The Hall–Kier alpha value is -0.820. The number of benzene rings is 1. The first-order chi connectivity index (χ1) is 9.59. The van der Waals surface area contributed by atoms with Crippen LogP contribution in [-0.4, -0.2) is 11.2 Å². The first kappa shape index (κ1) is 12.9. The van der Waals surface area contributed by atoms with Crippen LogP contribution in [0.4, 0.5) is 0 Å². The molecule has 0 radical (unpaired) electrons. The molecule has 0 aromatic heterocycles. The number of hydrogen-bond donors (Lipinski definition) is 1. The SMILES string of the molecule is Cc1ccc2c(c1)CCC1C2CC[C@]2(C)C(O)CCC12. The molecule has 1 N–H and O–H groups in total. The zero-order valence-electron chi connectivity index (χ0n) is 12.7. The van der Waals surface area contributed by atoms with Gasteiger partial charge in [-0.1, -0.05) is 30.7 Å². The summed E-state index contributed by atoms with van der Waals surface area (Å²) >= 11 is 0. The van der Waals surface area contributed by atoms with E-state index in [1.54, 1.807) is 11.1 Å². The predicted molar refractivity (Wildman–Crippen MR) is 81.8 cm³/mol. The largest absolute Gasteiger partial charge is 0.393 e. The highest BCUT2D eigenvalue weighted by molar-refractivity contribution is 5.37. The van der Waals surface area contributed by atoms with E-state index in [4.69, 9.17) is 0 Å². The van der Waals surface area contributed by atoms with E-state index in [2.05, 4.69) is 32.0 Å². The number of aryl methyl sites for hydroxylation is 2. The fourth-order valence-corrected chi connectivity index (χ4v) is 5.68. The van der Waals surface area contributed by atoms with Crippen molar-refractivity contribution in [3.05, 3.63) is 34.9 Å². The highest BCUT2D eigenvalue weighted by atomic mass is 16.3. The van der Waals surface area contributed by atoms with Gasteiger partial charge in [-0.2, -0.15) is 0 Å². The summed E-state index contributed by atoms with van der Waals surface area (Å²) in [5.74, 6) is 2.34. The van der Waals surface area contributed by atoms with Gasteiger partial charge in [0, 0.05) is 0 Å². The van der Waals surface area contributed by atoms with Crippen LogP contribution in [0.3, 0.4) is 0 Å². The van der Waals surface area contributed by atoms with Crippen LogP contribution in [-0.2, 0) is 6.42 Å². The van der Waals surface area contributed by atoms with E-state index < -0.39 is 0 Å². The van der Waals surface area contributed by atoms with Gasteiger partial charge in [0.15, 0.2) is 0 Å². The zero-order valence-corrected chi connectivity index (χ0v) is 12.7.